The highest BCUT2D eigenvalue weighted by atomic mass is 79.9. The number of aromatic nitrogens is 1. The lowest BCUT2D eigenvalue weighted by atomic mass is 10.2. The Kier molecular flexibility index (Phi) is 3.75. The van der Waals surface area contributed by atoms with E-state index in [1.165, 1.54) is 5.56 Å². The van der Waals surface area contributed by atoms with Crippen molar-refractivity contribution in [2.45, 2.75) is 6.42 Å². The van der Waals surface area contributed by atoms with Crippen LogP contribution in [0.3, 0.4) is 0 Å². The second kappa shape index (κ2) is 5.28. The molecule has 0 unspecified atom stereocenters. The number of hydrogen-bond donors (Lipinski definition) is 1. The monoisotopic (exact) mass is 282 g/mol. The van der Waals surface area contributed by atoms with Crippen molar-refractivity contribution in [1.29, 1.82) is 0 Å². The van der Waals surface area contributed by atoms with E-state index in [9.17, 15) is 0 Å². The van der Waals surface area contributed by atoms with Gasteiger partial charge in [0.05, 0.1) is 0 Å². The predicted octanol–water partition coefficient (Wildman–Crippen LogP) is 3.56. The first kappa shape index (κ1) is 10.6. The molecule has 1 aromatic carbocycles. The first-order chi connectivity index (χ1) is 7.34. The highest BCUT2D eigenvalue weighted by Gasteiger charge is 1.97. The molecule has 78 valence electrons. The zero-order valence-electron chi connectivity index (χ0n) is 8.11. The summed E-state index contributed by atoms with van der Waals surface area (Å²) in [7, 11) is 0. The Labute approximate surface area is 101 Å². The molecule has 0 atom stereocenters. The summed E-state index contributed by atoms with van der Waals surface area (Å²) in [5, 5.41) is 6.24. The van der Waals surface area contributed by atoms with Crippen molar-refractivity contribution in [3.05, 3.63) is 45.9 Å². The van der Waals surface area contributed by atoms with Crippen LogP contribution in [-0.4, -0.2) is 11.5 Å². The molecule has 15 heavy (non-hydrogen) atoms. The normalized spacial score (nSPS) is 10.2. The lowest BCUT2D eigenvalue weighted by molar-refractivity contribution is 1.01. The third-order valence-electron chi connectivity index (χ3n) is 2.01. The molecule has 0 saturated heterocycles. The van der Waals surface area contributed by atoms with E-state index in [0.29, 0.717) is 0 Å². The Balaban J connectivity index is 1.80. The molecular formula is C11H11BrN2S. The molecule has 0 bridgehead atoms. The minimum atomic E-state index is 0.898. The van der Waals surface area contributed by atoms with Crippen LogP contribution < -0.4 is 5.32 Å². The molecule has 2 rings (SSSR count). The smallest absolute Gasteiger partial charge is 0.183 e. The third kappa shape index (κ3) is 3.32. The van der Waals surface area contributed by atoms with Gasteiger partial charge in [0, 0.05) is 11.9 Å². The molecule has 0 radical (unpaired) electrons. The van der Waals surface area contributed by atoms with Crippen molar-refractivity contribution in [2.24, 2.45) is 0 Å². The second-order valence-electron chi connectivity index (χ2n) is 3.14. The predicted molar refractivity (Wildman–Crippen MR) is 68.4 cm³/mol. The molecule has 0 aliphatic carbocycles. The number of thiazole rings is 1. The van der Waals surface area contributed by atoms with Crippen molar-refractivity contribution in [2.75, 3.05) is 11.9 Å². The SMILES string of the molecule is Brc1csc(NCCc2ccccc2)n1. The standard InChI is InChI=1S/C11H11BrN2S/c12-10-8-15-11(14-10)13-7-6-9-4-2-1-3-5-9/h1-5,8H,6-7H2,(H,13,14). The van der Waals surface area contributed by atoms with Crippen molar-refractivity contribution in [3.63, 3.8) is 0 Å². The van der Waals surface area contributed by atoms with Gasteiger partial charge in [-0.15, -0.1) is 11.3 Å². The first-order valence-electron chi connectivity index (χ1n) is 4.73. The molecule has 4 heteroatoms. The van der Waals surface area contributed by atoms with Gasteiger partial charge in [0.1, 0.15) is 4.60 Å². The molecule has 0 spiro atoms. The molecule has 1 aromatic heterocycles. The first-order valence-corrected chi connectivity index (χ1v) is 6.41. The van der Waals surface area contributed by atoms with Gasteiger partial charge in [-0.3, -0.25) is 0 Å². The largest absolute Gasteiger partial charge is 0.361 e. The molecule has 0 aliphatic rings. The number of anilines is 1. The molecule has 1 heterocycles. The Morgan fingerprint density at radius 2 is 2.07 bits per heavy atom. The lowest BCUT2D eigenvalue weighted by Gasteiger charge is -2.02. The average molecular weight is 283 g/mol. The van der Waals surface area contributed by atoms with Gasteiger partial charge in [-0.05, 0) is 27.9 Å². The van der Waals surface area contributed by atoms with E-state index in [2.05, 4.69) is 50.5 Å². The Bertz CT molecular complexity index is 414. The van der Waals surface area contributed by atoms with Gasteiger partial charge in [-0.2, -0.15) is 0 Å². The van der Waals surface area contributed by atoms with Crippen molar-refractivity contribution < 1.29 is 0 Å². The van der Waals surface area contributed by atoms with Gasteiger partial charge in [0.2, 0.25) is 0 Å². The topological polar surface area (TPSA) is 24.9 Å². The molecule has 0 fully saturated rings. The number of hydrogen-bond acceptors (Lipinski definition) is 3. The maximum absolute atomic E-state index is 4.27. The second-order valence-corrected chi connectivity index (χ2v) is 4.81. The third-order valence-corrected chi connectivity index (χ3v) is 3.52. The Morgan fingerprint density at radius 3 is 2.73 bits per heavy atom. The van der Waals surface area contributed by atoms with Crippen molar-refractivity contribution >= 4 is 32.4 Å². The average Bonchev–Trinajstić information content (AvgIpc) is 2.66. The van der Waals surface area contributed by atoms with E-state index >= 15 is 0 Å². The summed E-state index contributed by atoms with van der Waals surface area (Å²) < 4.78 is 0.898. The van der Waals surface area contributed by atoms with Crippen LogP contribution in [0, 0.1) is 0 Å². The molecule has 0 saturated carbocycles. The Hall–Kier alpha value is -0.870. The molecule has 2 aromatic rings. The quantitative estimate of drug-likeness (QED) is 0.928. The zero-order valence-corrected chi connectivity index (χ0v) is 10.5. The summed E-state index contributed by atoms with van der Waals surface area (Å²) in [4.78, 5) is 4.27. The summed E-state index contributed by atoms with van der Waals surface area (Å²) in [6, 6.07) is 10.4. The minimum absolute atomic E-state index is 0.898. The number of benzene rings is 1. The van der Waals surface area contributed by atoms with Crippen LogP contribution in [0.2, 0.25) is 0 Å². The summed E-state index contributed by atoms with van der Waals surface area (Å²) in [5.41, 5.74) is 1.35. The van der Waals surface area contributed by atoms with Gasteiger partial charge >= 0.3 is 0 Å². The minimum Gasteiger partial charge on any atom is -0.361 e. The maximum Gasteiger partial charge on any atom is 0.183 e. The number of nitrogens with zero attached hydrogens (tertiary/aromatic N) is 1. The van der Waals surface area contributed by atoms with Crippen molar-refractivity contribution in [1.82, 2.24) is 4.98 Å². The molecule has 0 aliphatic heterocycles. The van der Waals surface area contributed by atoms with Crippen LogP contribution in [0.25, 0.3) is 0 Å². The van der Waals surface area contributed by atoms with Crippen LogP contribution in [0.5, 0.6) is 0 Å². The highest BCUT2D eigenvalue weighted by molar-refractivity contribution is 9.10. The summed E-state index contributed by atoms with van der Waals surface area (Å²) in [6.45, 7) is 0.921. The highest BCUT2D eigenvalue weighted by Crippen LogP contribution is 2.19. The fraction of sp³-hybridized carbons (Fsp3) is 0.182. The summed E-state index contributed by atoms with van der Waals surface area (Å²) in [6.07, 6.45) is 1.03. The van der Waals surface area contributed by atoms with E-state index in [1.807, 2.05) is 11.4 Å². The lowest BCUT2D eigenvalue weighted by Crippen LogP contribution is -2.04. The van der Waals surface area contributed by atoms with E-state index in [4.69, 9.17) is 0 Å². The van der Waals surface area contributed by atoms with Crippen LogP contribution in [-0.2, 0) is 6.42 Å². The van der Waals surface area contributed by atoms with Crippen LogP contribution in [0.15, 0.2) is 40.3 Å². The van der Waals surface area contributed by atoms with Gasteiger partial charge in [0.25, 0.3) is 0 Å². The molecule has 0 amide bonds. The Morgan fingerprint density at radius 1 is 1.27 bits per heavy atom. The number of rotatable bonds is 4. The van der Waals surface area contributed by atoms with E-state index in [1.54, 1.807) is 11.3 Å². The summed E-state index contributed by atoms with van der Waals surface area (Å²) in [5.74, 6) is 0. The number of halogens is 1. The van der Waals surface area contributed by atoms with E-state index in [-0.39, 0.29) is 0 Å². The van der Waals surface area contributed by atoms with E-state index < -0.39 is 0 Å². The molecule has 2 nitrogen and oxygen atoms in total. The molecular weight excluding hydrogens is 272 g/mol. The zero-order chi connectivity index (χ0) is 10.5. The molecule has 1 N–H and O–H groups in total. The van der Waals surface area contributed by atoms with Crippen LogP contribution >= 0.6 is 27.3 Å². The van der Waals surface area contributed by atoms with Crippen LogP contribution in [0.4, 0.5) is 5.13 Å². The van der Waals surface area contributed by atoms with Gasteiger partial charge in [0.15, 0.2) is 5.13 Å². The van der Waals surface area contributed by atoms with Gasteiger partial charge < -0.3 is 5.32 Å². The fourth-order valence-electron chi connectivity index (χ4n) is 1.29. The fourth-order valence-corrected chi connectivity index (χ4v) is 2.47. The van der Waals surface area contributed by atoms with E-state index in [0.717, 1.165) is 22.7 Å². The number of nitrogens with one attached hydrogen (secondary N) is 1. The van der Waals surface area contributed by atoms with Crippen LogP contribution in [0.1, 0.15) is 5.56 Å². The maximum atomic E-state index is 4.27. The van der Waals surface area contributed by atoms with Gasteiger partial charge in [-0.1, -0.05) is 30.3 Å². The summed E-state index contributed by atoms with van der Waals surface area (Å²) >= 11 is 4.94. The van der Waals surface area contributed by atoms with Crippen molar-refractivity contribution in [3.8, 4) is 0 Å². The van der Waals surface area contributed by atoms with Gasteiger partial charge in [-0.25, -0.2) is 4.98 Å².